The minimum atomic E-state index is -0.606. The normalized spacial score (nSPS) is 11.3. The molecule has 0 saturated heterocycles. The summed E-state index contributed by atoms with van der Waals surface area (Å²) >= 11 is 0. The van der Waals surface area contributed by atoms with Crippen LogP contribution in [0, 0.1) is 6.92 Å². The molecule has 1 aromatic rings. The van der Waals surface area contributed by atoms with E-state index < -0.39 is 5.54 Å². The van der Waals surface area contributed by atoms with E-state index in [1.54, 1.807) is 18.1 Å². The number of aromatic nitrogens is 1. The molecule has 0 saturated carbocycles. The fraction of sp³-hybridized carbons (Fsp3) is 0.571. The van der Waals surface area contributed by atoms with Crippen molar-refractivity contribution in [2.45, 2.75) is 33.2 Å². The van der Waals surface area contributed by atoms with Crippen molar-refractivity contribution in [1.29, 1.82) is 0 Å². The van der Waals surface area contributed by atoms with Gasteiger partial charge < -0.3 is 15.3 Å². The summed E-state index contributed by atoms with van der Waals surface area (Å²) in [5.41, 5.74) is 1.56. The number of likely N-dealkylation sites (N-methyl/N-ethyl adjacent to an activating group) is 1. The lowest BCUT2D eigenvalue weighted by atomic mass is 10.0. The van der Waals surface area contributed by atoms with Gasteiger partial charge in [-0.15, -0.1) is 0 Å². The Morgan fingerprint density at radius 2 is 2.16 bits per heavy atom. The highest BCUT2D eigenvalue weighted by Gasteiger charge is 2.28. The predicted octanol–water partition coefficient (Wildman–Crippen LogP) is 1.66. The molecule has 0 bridgehead atoms. The van der Waals surface area contributed by atoms with Crippen LogP contribution in [0.1, 0.15) is 36.8 Å². The van der Waals surface area contributed by atoms with Crippen LogP contribution in [0.5, 0.6) is 0 Å². The molecule has 1 amide bonds. The van der Waals surface area contributed by atoms with Crippen LogP contribution < -0.4 is 5.32 Å². The van der Waals surface area contributed by atoms with Gasteiger partial charge in [-0.05, 0) is 33.8 Å². The van der Waals surface area contributed by atoms with Crippen LogP contribution in [0.4, 0.5) is 5.69 Å². The van der Waals surface area contributed by atoms with Crippen LogP contribution in [0.15, 0.2) is 12.3 Å². The standard InChI is InChI=1S/C14H23N3O2/c1-6-15-12-7-10(2)16-8-11(12)13(19)17(5)14(3,4)9-18/h7-8,18H,6,9H2,1-5H3,(H,15,16). The highest BCUT2D eigenvalue weighted by atomic mass is 16.3. The van der Waals surface area contributed by atoms with Crippen molar-refractivity contribution in [2.75, 3.05) is 25.5 Å². The lowest BCUT2D eigenvalue weighted by molar-refractivity contribution is 0.0473. The summed E-state index contributed by atoms with van der Waals surface area (Å²) in [5.74, 6) is -0.150. The summed E-state index contributed by atoms with van der Waals surface area (Å²) in [6.07, 6.45) is 1.58. The van der Waals surface area contributed by atoms with E-state index in [1.165, 1.54) is 0 Å². The van der Waals surface area contributed by atoms with Crippen molar-refractivity contribution in [3.63, 3.8) is 0 Å². The number of amides is 1. The molecule has 19 heavy (non-hydrogen) atoms. The molecule has 0 unspecified atom stereocenters. The molecule has 0 fully saturated rings. The number of aliphatic hydroxyl groups is 1. The molecule has 0 aliphatic carbocycles. The molecule has 1 aromatic heterocycles. The van der Waals surface area contributed by atoms with Gasteiger partial charge in [0.2, 0.25) is 0 Å². The van der Waals surface area contributed by atoms with E-state index in [-0.39, 0.29) is 12.5 Å². The van der Waals surface area contributed by atoms with Crippen LogP contribution >= 0.6 is 0 Å². The molecule has 0 radical (unpaired) electrons. The Morgan fingerprint density at radius 1 is 1.53 bits per heavy atom. The lowest BCUT2D eigenvalue weighted by Gasteiger charge is -2.34. The topological polar surface area (TPSA) is 65.5 Å². The number of aryl methyl sites for hydroxylation is 1. The second-order valence-electron chi connectivity index (χ2n) is 5.24. The maximum atomic E-state index is 12.5. The molecule has 5 heteroatoms. The highest BCUT2D eigenvalue weighted by molar-refractivity contribution is 5.99. The fourth-order valence-corrected chi connectivity index (χ4v) is 1.63. The molecule has 0 spiro atoms. The Balaban J connectivity index is 3.12. The van der Waals surface area contributed by atoms with Gasteiger partial charge in [-0.3, -0.25) is 9.78 Å². The Hall–Kier alpha value is -1.62. The SMILES string of the molecule is CCNc1cc(C)ncc1C(=O)N(C)C(C)(C)CO. The smallest absolute Gasteiger partial charge is 0.257 e. The minimum Gasteiger partial charge on any atom is -0.394 e. The molecule has 0 aromatic carbocycles. The van der Waals surface area contributed by atoms with Crippen LogP contribution in [0.3, 0.4) is 0 Å². The Bertz CT molecular complexity index is 458. The van der Waals surface area contributed by atoms with E-state index in [4.69, 9.17) is 0 Å². The third-order valence-electron chi connectivity index (χ3n) is 3.24. The maximum absolute atomic E-state index is 12.5. The van der Waals surface area contributed by atoms with E-state index in [0.29, 0.717) is 5.56 Å². The number of aliphatic hydroxyl groups excluding tert-OH is 1. The van der Waals surface area contributed by atoms with E-state index in [0.717, 1.165) is 17.9 Å². The first-order valence-electron chi connectivity index (χ1n) is 6.43. The summed E-state index contributed by atoms with van der Waals surface area (Å²) in [6.45, 7) is 8.14. The van der Waals surface area contributed by atoms with Crippen LogP contribution in [-0.2, 0) is 0 Å². The van der Waals surface area contributed by atoms with Crippen molar-refractivity contribution in [3.05, 3.63) is 23.5 Å². The number of rotatable bonds is 5. The monoisotopic (exact) mass is 265 g/mol. The van der Waals surface area contributed by atoms with Gasteiger partial charge >= 0.3 is 0 Å². The molecule has 2 N–H and O–H groups in total. The maximum Gasteiger partial charge on any atom is 0.257 e. The Morgan fingerprint density at radius 3 is 2.68 bits per heavy atom. The van der Waals surface area contributed by atoms with Gasteiger partial charge in [0.15, 0.2) is 0 Å². The average Bonchev–Trinajstić information content (AvgIpc) is 2.37. The molecule has 1 heterocycles. The molecule has 1 rings (SSSR count). The lowest BCUT2D eigenvalue weighted by Crippen LogP contribution is -2.47. The van der Waals surface area contributed by atoms with Gasteiger partial charge in [-0.1, -0.05) is 0 Å². The third kappa shape index (κ3) is 3.44. The van der Waals surface area contributed by atoms with Crippen LogP contribution in [-0.4, -0.2) is 46.6 Å². The second kappa shape index (κ2) is 6.02. The van der Waals surface area contributed by atoms with Crippen molar-refractivity contribution in [2.24, 2.45) is 0 Å². The molecule has 5 nitrogen and oxygen atoms in total. The highest BCUT2D eigenvalue weighted by Crippen LogP contribution is 2.21. The Kier molecular flexibility index (Phi) is 4.89. The molecule has 0 aliphatic rings. The summed E-state index contributed by atoms with van der Waals surface area (Å²) in [5, 5.41) is 12.5. The zero-order chi connectivity index (χ0) is 14.6. The quantitative estimate of drug-likeness (QED) is 0.850. The van der Waals surface area contributed by atoms with Crippen molar-refractivity contribution in [1.82, 2.24) is 9.88 Å². The van der Waals surface area contributed by atoms with Gasteiger partial charge in [0.05, 0.1) is 23.4 Å². The summed E-state index contributed by atoms with van der Waals surface area (Å²) < 4.78 is 0. The summed E-state index contributed by atoms with van der Waals surface area (Å²) in [6, 6.07) is 1.86. The van der Waals surface area contributed by atoms with E-state index in [2.05, 4.69) is 10.3 Å². The first-order chi connectivity index (χ1) is 8.83. The number of carbonyl (C=O) groups is 1. The molecular weight excluding hydrogens is 242 g/mol. The van der Waals surface area contributed by atoms with Gasteiger partial charge in [0, 0.05) is 25.5 Å². The second-order valence-corrected chi connectivity index (χ2v) is 5.24. The minimum absolute atomic E-state index is 0.0922. The molecule has 0 aliphatic heterocycles. The number of nitrogens with zero attached hydrogens (tertiary/aromatic N) is 2. The Labute approximate surface area is 114 Å². The first-order valence-corrected chi connectivity index (χ1v) is 6.43. The van der Waals surface area contributed by atoms with Crippen LogP contribution in [0.2, 0.25) is 0 Å². The van der Waals surface area contributed by atoms with E-state index >= 15 is 0 Å². The number of carbonyl (C=O) groups excluding carboxylic acids is 1. The third-order valence-corrected chi connectivity index (χ3v) is 3.24. The zero-order valence-electron chi connectivity index (χ0n) is 12.3. The molecule has 0 atom stereocenters. The summed E-state index contributed by atoms with van der Waals surface area (Å²) in [4.78, 5) is 18.2. The van der Waals surface area contributed by atoms with Crippen LogP contribution in [0.25, 0.3) is 0 Å². The predicted molar refractivity (Wildman–Crippen MR) is 76.4 cm³/mol. The van der Waals surface area contributed by atoms with Gasteiger partial charge in [-0.2, -0.15) is 0 Å². The largest absolute Gasteiger partial charge is 0.394 e. The number of nitrogens with one attached hydrogen (secondary N) is 1. The van der Waals surface area contributed by atoms with Crippen molar-refractivity contribution in [3.8, 4) is 0 Å². The average molecular weight is 265 g/mol. The van der Waals surface area contributed by atoms with Crippen molar-refractivity contribution < 1.29 is 9.90 Å². The van der Waals surface area contributed by atoms with Crippen molar-refractivity contribution >= 4 is 11.6 Å². The number of anilines is 1. The van der Waals surface area contributed by atoms with Gasteiger partial charge in [0.25, 0.3) is 5.91 Å². The summed E-state index contributed by atoms with van der Waals surface area (Å²) in [7, 11) is 1.69. The van der Waals surface area contributed by atoms with Gasteiger partial charge in [0.1, 0.15) is 0 Å². The molecule has 106 valence electrons. The first kappa shape index (κ1) is 15.4. The number of hydrogen-bond donors (Lipinski definition) is 2. The number of pyridine rings is 1. The fourth-order valence-electron chi connectivity index (χ4n) is 1.63. The zero-order valence-corrected chi connectivity index (χ0v) is 12.3. The molecular formula is C14H23N3O2. The van der Waals surface area contributed by atoms with Gasteiger partial charge in [-0.25, -0.2) is 0 Å². The van der Waals surface area contributed by atoms with E-state index in [1.807, 2.05) is 33.8 Å². The number of hydrogen-bond acceptors (Lipinski definition) is 4. The van der Waals surface area contributed by atoms with E-state index in [9.17, 15) is 9.90 Å².